The molecule has 3 aromatic heterocycles. The molecule has 0 saturated heterocycles. The smallest absolute Gasteiger partial charge is 0.0548 e. The second kappa shape index (κ2) is 18.4. The molecular weight excluding hydrogens is 1050 g/mol. The van der Waals surface area contributed by atoms with Crippen LogP contribution in [0.15, 0.2) is 285 Å². The van der Waals surface area contributed by atoms with Gasteiger partial charge in [0.05, 0.1) is 33.1 Å². The minimum Gasteiger partial charge on any atom is -0.309 e. The van der Waals surface area contributed by atoms with Gasteiger partial charge in [0.2, 0.25) is 0 Å². The van der Waals surface area contributed by atoms with Gasteiger partial charge < -0.3 is 13.7 Å². The molecule has 0 fully saturated rings. The summed E-state index contributed by atoms with van der Waals surface area (Å²) in [7, 11) is 0. The van der Waals surface area contributed by atoms with Crippen molar-refractivity contribution in [2.24, 2.45) is 0 Å². The predicted molar refractivity (Wildman–Crippen MR) is 366 cm³/mol. The van der Waals surface area contributed by atoms with Crippen LogP contribution in [-0.2, 0) is 10.8 Å². The molecule has 0 spiro atoms. The normalized spacial score (nSPS) is 13.7. The number of nitrogens with zero attached hydrogens (tertiary/aromatic N) is 3. The van der Waals surface area contributed by atoms with Crippen LogP contribution in [0.3, 0.4) is 0 Å². The Kier molecular flexibility index (Phi) is 10.5. The van der Waals surface area contributed by atoms with Crippen LogP contribution in [0.25, 0.3) is 149 Å². The van der Waals surface area contributed by atoms with Gasteiger partial charge in [0.25, 0.3) is 0 Å². The van der Waals surface area contributed by atoms with E-state index in [0.29, 0.717) is 0 Å². The minimum atomic E-state index is -0.150. The molecule has 0 unspecified atom stereocenters. The standard InChI is InChI=1S/C84H59N3/c1-83(2)73-31-19-17-29-63(73)65-37-38-66-67-46-54(33-39-74(67)84(3,4)82(66)81(65)83)55-34-40-76-68(47-55)69-48-56(35-41-77(69)85(76)60-25-13-7-14-26-60)57-36-42-78-70(49-57)72-51-79-71(64-30-18-20-32-75(64)86(79)61-27-15-8-16-28-61)50-80(72)87(78)62-44-58(52-21-9-5-10-22-52)43-59(45-62)53-23-11-6-12-24-53/h5-51H,1-4H3. The van der Waals surface area contributed by atoms with E-state index >= 15 is 0 Å². The second-order valence-electron chi connectivity index (χ2n) is 25.2. The Morgan fingerprint density at radius 3 is 1.13 bits per heavy atom. The van der Waals surface area contributed by atoms with Crippen molar-refractivity contribution in [3.63, 3.8) is 0 Å². The molecule has 0 N–H and O–H groups in total. The second-order valence-corrected chi connectivity index (χ2v) is 25.2. The number of hydrogen-bond donors (Lipinski definition) is 0. The summed E-state index contributed by atoms with van der Waals surface area (Å²) in [5.41, 5.74) is 31.0. The van der Waals surface area contributed by atoms with E-state index in [4.69, 9.17) is 0 Å². The highest BCUT2D eigenvalue weighted by molar-refractivity contribution is 6.20. The zero-order valence-electron chi connectivity index (χ0n) is 49.0. The van der Waals surface area contributed by atoms with Gasteiger partial charge in [0, 0.05) is 60.2 Å². The average Bonchev–Trinajstić information content (AvgIpc) is 1.61. The van der Waals surface area contributed by atoms with Gasteiger partial charge in [-0.3, -0.25) is 0 Å². The van der Waals surface area contributed by atoms with Gasteiger partial charge in [0.1, 0.15) is 0 Å². The van der Waals surface area contributed by atoms with E-state index in [1.54, 1.807) is 0 Å². The van der Waals surface area contributed by atoms with Crippen LogP contribution in [0.1, 0.15) is 49.9 Å². The molecule has 0 atom stereocenters. The quantitative estimate of drug-likeness (QED) is 0.151. The van der Waals surface area contributed by atoms with Crippen LogP contribution in [0, 0.1) is 0 Å². The zero-order valence-corrected chi connectivity index (χ0v) is 49.0. The van der Waals surface area contributed by atoms with Gasteiger partial charge in [0.15, 0.2) is 0 Å². The SMILES string of the molecule is CC1(C)c2ccccc2-c2ccc3c(c21)C(C)(C)c1ccc(-c2ccc4c(c2)c2cc(-c5ccc6c(c5)c5cc7c(cc5n6-c5cc(-c6ccccc6)cc(-c6ccccc6)c5)c5ccccc5n7-c5ccccc5)ccc2n4-c2ccccc2)cc1-3. The number of benzene rings is 13. The highest BCUT2D eigenvalue weighted by Crippen LogP contribution is 2.59. The lowest BCUT2D eigenvalue weighted by Crippen LogP contribution is -2.24. The van der Waals surface area contributed by atoms with Crippen LogP contribution in [-0.4, -0.2) is 13.7 Å². The van der Waals surface area contributed by atoms with E-state index in [2.05, 4.69) is 327 Å². The Hall–Kier alpha value is -10.7. The molecule has 0 bridgehead atoms. The fourth-order valence-electron chi connectivity index (χ4n) is 15.7. The Morgan fingerprint density at radius 2 is 0.586 bits per heavy atom. The maximum absolute atomic E-state index is 2.52. The summed E-state index contributed by atoms with van der Waals surface area (Å²) in [6, 6.07) is 107. The van der Waals surface area contributed by atoms with Gasteiger partial charge in [-0.2, -0.15) is 0 Å². The van der Waals surface area contributed by atoms with Crippen molar-refractivity contribution in [1.29, 1.82) is 0 Å². The zero-order chi connectivity index (χ0) is 57.9. The fraction of sp³-hybridized carbons (Fsp3) is 0.0714. The Balaban J connectivity index is 0.839. The lowest BCUT2D eigenvalue weighted by atomic mass is 9.72. The number of rotatable bonds is 7. The van der Waals surface area contributed by atoms with Crippen LogP contribution in [0.2, 0.25) is 0 Å². The van der Waals surface area contributed by atoms with Crippen LogP contribution < -0.4 is 0 Å². The summed E-state index contributed by atoms with van der Waals surface area (Å²) in [6.45, 7) is 9.71. The van der Waals surface area contributed by atoms with Crippen LogP contribution in [0.4, 0.5) is 0 Å². The Labute approximate surface area is 505 Å². The van der Waals surface area contributed by atoms with Crippen LogP contribution in [0.5, 0.6) is 0 Å². The average molecular weight is 1110 g/mol. The summed E-state index contributed by atoms with van der Waals surface area (Å²) < 4.78 is 7.41. The van der Waals surface area contributed by atoms with Crippen LogP contribution >= 0.6 is 0 Å². The fourth-order valence-corrected chi connectivity index (χ4v) is 15.7. The molecule has 13 aromatic carbocycles. The molecular formula is C84H59N3. The van der Waals surface area contributed by atoms with Gasteiger partial charge >= 0.3 is 0 Å². The van der Waals surface area contributed by atoms with Crippen molar-refractivity contribution >= 4 is 65.4 Å². The monoisotopic (exact) mass is 1110 g/mol. The number of hydrogen-bond acceptors (Lipinski definition) is 0. The molecule has 87 heavy (non-hydrogen) atoms. The molecule has 2 aliphatic carbocycles. The first-order chi connectivity index (χ1) is 42.7. The maximum atomic E-state index is 2.52. The van der Waals surface area contributed by atoms with E-state index in [1.807, 2.05) is 0 Å². The van der Waals surface area contributed by atoms with E-state index in [0.717, 1.165) is 22.6 Å². The number of fused-ring (bicyclic) bond motifs is 16. The van der Waals surface area contributed by atoms with E-state index < -0.39 is 0 Å². The third kappa shape index (κ3) is 7.24. The molecule has 0 saturated carbocycles. The minimum absolute atomic E-state index is 0.0960. The summed E-state index contributed by atoms with van der Waals surface area (Å²) in [5.74, 6) is 0. The summed E-state index contributed by atoms with van der Waals surface area (Å²) in [4.78, 5) is 0. The van der Waals surface area contributed by atoms with Crippen molar-refractivity contribution in [2.45, 2.75) is 38.5 Å². The van der Waals surface area contributed by atoms with E-state index in [9.17, 15) is 0 Å². The Morgan fingerprint density at radius 1 is 0.207 bits per heavy atom. The van der Waals surface area contributed by atoms with Gasteiger partial charge in [-0.15, -0.1) is 0 Å². The lowest BCUT2D eigenvalue weighted by molar-refractivity contribution is 0.601. The summed E-state index contributed by atoms with van der Waals surface area (Å²) >= 11 is 0. The topological polar surface area (TPSA) is 14.8 Å². The first-order valence-electron chi connectivity index (χ1n) is 30.6. The van der Waals surface area contributed by atoms with Crippen molar-refractivity contribution < 1.29 is 0 Å². The predicted octanol–water partition coefficient (Wildman–Crippen LogP) is 22.3. The van der Waals surface area contributed by atoms with E-state index in [-0.39, 0.29) is 10.8 Å². The van der Waals surface area contributed by atoms with Gasteiger partial charge in [-0.1, -0.05) is 210 Å². The molecule has 3 heteroatoms. The lowest BCUT2D eigenvalue weighted by Gasteiger charge is -2.30. The van der Waals surface area contributed by atoms with Gasteiger partial charge in [-0.25, -0.2) is 0 Å². The highest BCUT2D eigenvalue weighted by atomic mass is 15.0. The van der Waals surface area contributed by atoms with Crippen molar-refractivity contribution in [2.75, 3.05) is 0 Å². The summed E-state index contributed by atoms with van der Waals surface area (Å²) in [5, 5.41) is 7.31. The molecule has 410 valence electrons. The molecule has 0 amide bonds. The van der Waals surface area contributed by atoms with Crippen molar-refractivity contribution in [3.8, 4) is 83.8 Å². The molecule has 3 heterocycles. The first-order valence-corrected chi connectivity index (χ1v) is 30.6. The van der Waals surface area contributed by atoms with E-state index in [1.165, 1.54) is 149 Å². The Bertz CT molecular complexity index is 5480. The summed E-state index contributed by atoms with van der Waals surface area (Å²) in [6.07, 6.45) is 0. The molecule has 0 aliphatic heterocycles. The maximum Gasteiger partial charge on any atom is 0.0548 e. The molecule has 3 nitrogen and oxygen atoms in total. The van der Waals surface area contributed by atoms with Gasteiger partial charge in [-0.05, 0) is 192 Å². The largest absolute Gasteiger partial charge is 0.309 e. The molecule has 0 radical (unpaired) electrons. The number of para-hydroxylation sites is 3. The first kappa shape index (κ1) is 49.7. The number of aromatic nitrogens is 3. The highest BCUT2D eigenvalue weighted by Gasteiger charge is 2.45. The molecule has 18 rings (SSSR count). The third-order valence-corrected chi connectivity index (χ3v) is 19.7. The third-order valence-electron chi connectivity index (χ3n) is 19.7. The van der Waals surface area contributed by atoms with Crippen molar-refractivity contribution in [1.82, 2.24) is 13.7 Å². The molecule has 2 aliphatic rings. The molecule has 16 aromatic rings. The van der Waals surface area contributed by atoms with Crippen molar-refractivity contribution in [3.05, 3.63) is 307 Å².